The van der Waals surface area contributed by atoms with E-state index in [0.717, 1.165) is 24.0 Å². The van der Waals surface area contributed by atoms with E-state index in [4.69, 9.17) is 0 Å². The van der Waals surface area contributed by atoms with Gasteiger partial charge in [-0.05, 0) is 32.0 Å². The molecule has 2 nitrogen and oxygen atoms in total. The van der Waals surface area contributed by atoms with Crippen molar-refractivity contribution in [2.75, 3.05) is 13.1 Å². The van der Waals surface area contributed by atoms with Crippen LogP contribution in [-0.2, 0) is 6.54 Å². The monoisotopic (exact) mass is 302 g/mol. The number of nitrogens with one attached hydrogen (secondary N) is 2. The van der Waals surface area contributed by atoms with Crippen LogP contribution >= 0.6 is 15.9 Å². The van der Waals surface area contributed by atoms with E-state index in [1.54, 1.807) is 6.07 Å². The molecular formula is C13H20BrFN2. The van der Waals surface area contributed by atoms with Crippen LogP contribution in [0.2, 0.25) is 0 Å². The molecule has 0 radical (unpaired) electrons. The van der Waals surface area contributed by atoms with E-state index in [1.807, 2.05) is 6.07 Å². The van der Waals surface area contributed by atoms with Crippen LogP contribution in [-0.4, -0.2) is 19.1 Å². The summed E-state index contributed by atoms with van der Waals surface area (Å²) >= 11 is 3.25. The van der Waals surface area contributed by atoms with Crippen LogP contribution in [0.1, 0.15) is 25.8 Å². The SMILES string of the molecule is CCCNCC(C)NCc1ccc(Br)cc1F. The average Bonchev–Trinajstić information content (AvgIpc) is 2.28. The molecule has 1 unspecified atom stereocenters. The normalized spacial score (nSPS) is 12.7. The fourth-order valence-electron chi connectivity index (χ4n) is 1.52. The summed E-state index contributed by atoms with van der Waals surface area (Å²) in [5.41, 5.74) is 0.704. The molecule has 0 amide bonds. The van der Waals surface area contributed by atoms with E-state index in [9.17, 15) is 4.39 Å². The van der Waals surface area contributed by atoms with Gasteiger partial charge >= 0.3 is 0 Å². The zero-order valence-electron chi connectivity index (χ0n) is 10.4. The molecule has 0 fully saturated rings. The summed E-state index contributed by atoms with van der Waals surface area (Å²) in [7, 11) is 0. The lowest BCUT2D eigenvalue weighted by Crippen LogP contribution is -2.36. The number of benzene rings is 1. The molecule has 17 heavy (non-hydrogen) atoms. The molecule has 1 aromatic carbocycles. The molecule has 1 aromatic rings. The maximum absolute atomic E-state index is 13.5. The fourth-order valence-corrected chi connectivity index (χ4v) is 1.85. The standard InChI is InChI=1S/C13H20BrFN2/c1-3-6-16-8-10(2)17-9-11-4-5-12(14)7-13(11)15/h4-5,7,10,16-17H,3,6,8-9H2,1-2H3. The van der Waals surface area contributed by atoms with Crippen LogP contribution in [0.15, 0.2) is 22.7 Å². The van der Waals surface area contributed by atoms with Gasteiger partial charge in [0, 0.05) is 29.2 Å². The van der Waals surface area contributed by atoms with Gasteiger partial charge in [-0.25, -0.2) is 4.39 Å². The molecule has 4 heteroatoms. The van der Waals surface area contributed by atoms with Crippen molar-refractivity contribution in [2.45, 2.75) is 32.9 Å². The van der Waals surface area contributed by atoms with Crippen LogP contribution in [0.4, 0.5) is 4.39 Å². The minimum atomic E-state index is -0.166. The lowest BCUT2D eigenvalue weighted by molar-refractivity contribution is 0.491. The Morgan fingerprint density at radius 2 is 2.18 bits per heavy atom. The van der Waals surface area contributed by atoms with E-state index >= 15 is 0 Å². The maximum atomic E-state index is 13.5. The molecular weight excluding hydrogens is 283 g/mol. The Balaban J connectivity index is 2.34. The van der Waals surface area contributed by atoms with E-state index in [2.05, 4.69) is 40.4 Å². The Labute approximate surface area is 111 Å². The second kappa shape index (κ2) is 7.80. The molecule has 0 aliphatic rings. The van der Waals surface area contributed by atoms with Gasteiger partial charge in [-0.1, -0.05) is 28.9 Å². The third-order valence-electron chi connectivity index (χ3n) is 2.53. The molecule has 0 aliphatic carbocycles. The first-order chi connectivity index (χ1) is 8.13. The van der Waals surface area contributed by atoms with Crippen molar-refractivity contribution >= 4 is 15.9 Å². The van der Waals surface area contributed by atoms with E-state index < -0.39 is 0 Å². The molecule has 96 valence electrons. The van der Waals surface area contributed by atoms with Crippen LogP contribution in [0.5, 0.6) is 0 Å². The van der Waals surface area contributed by atoms with Crippen molar-refractivity contribution in [1.82, 2.24) is 10.6 Å². The summed E-state index contributed by atoms with van der Waals surface area (Å²) in [6, 6.07) is 5.50. The first-order valence-electron chi connectivity index (χ1n) is 6.01. The van der Waals surface area contributed by atoms with Crippen molar-refractivity contribution in [3.8, 4) is 0 Å². The Kier molecular flexibility index (Phi) is 6.70. The second-order valence-electron chi connectivity index (χ2n) is 4.22. The topological polar surface area (TPSA) is 24.1 Å². The van der Waals surface area contributed by atoms with Gasteiger partial charge in [-0.2, -0.15) is 0 Å². The summed E-state index contributed by atoms with van der Waals surface area (Å²) in [5.74, 6) is -0.166. The van der Waals surface area contributed by atoms with Gasteiger partial charge in [0.2, 0.25) is 0 Å². The lowest BCUT2D eigenvalue weighted by Gasteiger charge is -2.14. The maximum Gasteiger partial charge on any atom is 0.128 e. The van der Waals surface area contributed by atoms with Crippen LogP contribution in [0.3, 0.4) is 0 Å². The predicted octanol–water partition coefficient (Wildman–Crippen LogP) is 3.07. The van der Waals surface area contributed by atoms with Crippen molar-refractivity contribution in [3.05, 3.63) is 34.1 Å². The van der Waals surface area contributed by atoms with Crippen molar-refractivity contribution < 1.29 is 4.39 Å². The van der Waals surface area contributed by atoms with Gasteiger partial charge in [0.15, 0.2) is 0 Å². The van der Waals surface area contributed by atoms with Crippen LogP contribution in [0.25, 0.3) is 0 Å². The highest BCUT2D eigenvalue weighted by Crippen LogP contribution is 2.15. The number of hydrogen-bond acceptors (Lipinski definition) is 2. The molecule has 0 aromatic heterocycles. The van der Waals surface area contributed by atoms with E-state index in [1.165, 1.54) is 6.07 Å². The summed E-state index contributed by atoms with van der Waals surface area (Å²) < 4.78 is 14.3. The molecule has 0 bridgehead atoms. The first-order valence-corrected chi connectivity index (χ1v) is 6.80. The molecule has 0 heterocycles. The predicted molar refractivity (Wildman–Crippen MR) is 73.6 cm³/mol. The van der Waals surface area contributed by atoms with Crippen molar-refractivity contribution in [1.29, 1.82) is 0 Å². The van der Waals surface area contributed by atoms with Gasteiger partial charge in [-0.15, -0.1) is 0 Å². The molecule has 2 N–H and O–H groups in total. The molecule has 0 saturated carbocycles. The quantitative estimate of drug-likeness (QED) is 0.757. The Morgan fingerprint density at radius 1 is 1.41 bits per heavy atom. The summed E-state index contributed by atoms with van der Waals surface area (Å²) in [6.45, 7) is 6.74. The highest BCUT2D eigenvalue weighted by molar-refractivity contribution is 9.10. The number of hydrogen-bond donors (Lipinski definition) is 2. The largest absolute Gasteiger partial charge is 0.315 e. The fraction of sp³-hybridized carbons (Fsp3) is 0.538. The molecule has 1 atom stereocenters. The Hall–Kier alpha value is -0.450. The summed E-state index contributed by atoms with van der Waals surface area (Å²) in [5, 5.41) is 6.63. The van der Waals surface area contributed by atoms with Gasteiger partial charge in [0.1, 0.15) is 5.82 Å². The molecule has 0 spiro atoms. The minimum Gasteiger partial charge on any atom is -0.315 e. The number of halogens is 2. The Bertz CT molecular complexity index is 344. The first kappa shape index (κ1) is 14.6. The number of rotatable bonds is 7. The summed E-state index contributed by atoms with van der Waals surface area (Å²) in [6.07, 6.45) is 1.13. The van der Waals surface area contributed by atoms with Crippen LogP contribution < -0.4 is 10.6 Å². The van der Waals surface area contributed by atoms with Crippen molar-refractivity contribution in [3.63, 3.8) is 0 Å². The van der Waals surface area contributed by atoms with E-state index in [0.29, 0.717) is 18.2 Å². The highest BCUT2D eigenvalue weighted by Gasteiger charge is 2.05. The summed E-state index contributed by atoms with van der Waals surface area (Å²) in [4.78, 5) is 0. The van der Waals surface area contributed by atoms with E-state index in [-0.39, 0.29) is 5.82 Å². The third-order valence-corrected chi connectivity index (χ3v) is 3.03. The molecule has 0 aliphatic heterocycles. The van der Waals surface area contributed by atoms with Gasteiger partial charge in [0.25, 0.3) is 0 Å². The highest BCUT2D eigenvalue weighted by atomic mass is 79.9. The van der Waals surface area contributed by atoms with Gasteiger partial charge in [-0.3, -0.25) is 0 Å². The zero-order valence-corrected chi connectivity index (χ0v) is 12.0. The van der Waals surface area contributed by atoms with Crippen molar-refractivity contribution in [2.24, 2.45) is 0 Å². The molecule has 0 saturated heterocycles. The minimum absolute atomic E-state index is 0.166. The van der Waals surface area contributed by atoms with Crippen LogP contribution in [0, 0.1) is 5.82 Å². The van der Waals surface area contributed by atoms with Gasteiger partial charge in [0.05, 0.1) is 0 Å². The Morgan fingerprint density at radius 3 is 2.82 bits per heavy atom. The van der Waals surface area contributed by atoms with Gasteiger partial charge < -0.3 is 10.6 Å². The third kappa shape index (κ3) is 5.61. The molecule has 1 rings (SSSR count). The smallest absolute Gasteiger partial charge is 0.128 e. The average molecular weight is 303 g/mol. The zero-order chi connectivity index (χ0) is 12.7. The second-order valence-corrected chi connectivity index (χ2v) is 5.14. The lowest BCUT2D eigenvalue weighted by atomic mass is 10.2.